The molecule has 1 aromatic heterocycles. The van der Waals surface area contributed by atoms with Gasteiger partial charge in [0.25, 0.3) is 5.91 Å². The minimum absolute atomic E-state index is 0.0287. The second kappa shape index (κ2) is 8.95. The molecule has 0 aliphatic rings. The second-order valence-electron chi connectivity index (χ2n) is 6.04. The van der Waals surface area contributed by atoms with Crippen molar-refractivity contribution in [3.63, 3.8) is 0 Å². The van der Waals surface area contributed by atoms with Gasteiger partial charge in [-0.1, -0.05) is 12.1 Å². The molecule has 3 rings (SSSR count). The van der Waals surface area contributed by atoms with Gasteiger partial charge in [0.15, 0.2) is 18.2 Å². The first-order valence-corrected chi connectivity index (χ1v) is 8.64. The van der Waals surface area contributed by atoms with Crippen LogP contribution in [0.3, 0.4) is 0 Å². The van der Waals surface area contributed by atoms with Gasteiger partial charge in [-0.2, -0.15) is 4.98 Å². The first-order valence-electron chi connectivity index (χ1n) is 8.64. The van der Waals surface area contributed by atoms with Crippen molar-refractivity contribution in [1.29, 1.82) is 0 Å². The van der Waals surface area contributed by atoms with E-state index in [1.165, 1.54) is 19.2 Å². The maximum Gasteiger partial charge on any atom is 0.275 e. The van der Waals surface area contributed by atoms with Crippen LogP contribution >= 0.6 is 0 Å². The number of anilines is 4. The number of hydrogen-bond donors (Lipinski definition) is 5. The van der Waals surface area contributed by atoms with Gasteiger partial charge >= 0.3 is 0 Å². The van der Waals surface area contributed by atoms with Crippen LogP contribution < -0.4 is 21.0 Å². The fraction of sp³-hybridized carbons (Fsp3) is 0.105. The first-order chi connectivity index (χ1) is 13.9. The van der Waals surface area contributed by atoms with Gasteiger partial charge < -0.3 is 31.3 Å². The van der Waals surface area contributed by atoms with Gasteiger partial charge in [0.05, 0.1) is 6.20 Å². The van der Waals surface area contributed by atoms with E-state index in [0.29, 0.717) is 17.1 Å². The summed E-state index contributed by atoms with van der Waals surface area (Å²) in [5.41, 5.74) is 1.30. The summed E-state index contributed by atoms with van der Waals surface area (Å²) in [4.78, 5) is 19.4. The summed E-state index contributed by atoms with van der Waals surface area (Å²) < 4.78 is 14.1. The average molecular weight is 398 g/mol. The molecule has 150 valence electrons. The number of carbonyl (C=O) groups is 1. The highest BCUT2D eigenvalue weighted by Crippen LogP contribution is 2.23. The molecular formula is C19H19FN6O3. The topological polar surface area (TPSA) is 127 Å². The van der Waals surface area contributed by atoms with Crippen LogP contribution in [0.1, 0.15) is 0 Å². The Morgan fingerprint density at radius 1 is 1.17 bits per heavy atom. The lowest BCUT2D eigenvalue weighted by Gasteiger charge is -2.21. The smallest absolute Gasteiger partial charge is 0.275 e. The number of phenolic OH excluding ortho intramolecular Hbond substituents is 1. The number of carbonyl (C=O) groups excluding carboxylic acids is 1. The third-order valence-corrected chi connectivity index (χ3v) is 3.89. The van der Waals surface area contributed by atoms with Crippen LogP contribution in [0.2, 0.25) is 0 Å². The SMILES string of the molecule is CNC(=O)C[NH+]([O-])c1cccc(Nc2ncc(F)c(Nc3cccc(O)c3)n2)c1. The maximum absolute atomic E-state index is 14.1. The molecule has 3 aromatic rings. The standard InChI is InChI=1S/C19H19FN6O3/c1-21-17(28)11-26(29)14-6-2-4-12(8-14)24-19-22-10-16(20)18(25-19)23-13-5-3-7-15(27)9-13/h2-10,26-27H,11H2,1H3,(H,21,28)(H2,22,23,24,25). The number of nitrogens with zero attached hydrogens (tertiary/aromatic N) is 2. The van der Waals surface area contributed by atoms with Crippen molar-refractivity contribution in [3.05, 3.63) is 65.8 Å². The van der Waals surface area contributed by atoms with Crippen molar-refractivity contribution < 1.29 is 19.4 Å². The molecule has 0 spiro atoms. The number of phenols is 1. The van der Waals surface area contributed by atoms with Crippen molar-refractivity contribution in [1.82, 2.24) is 15.3 Å². The number of aromatic hydroxyl groups is 1. The minimum Gasteiger partial charge on any atom is -0.628 e. The van der Waals surface area contributed by atoms with E-state index >= 15 is 0 Å². The van der Waals surface area contributed by atoms with E-state index in [0.717, 1.165) is 6.20 Å². The van der Waals surface area contributed by atoms with Crippen molar-refractivity contribution >= 4 is 34.7 Å². The molecule has 1 amide bonds. The molecule has 10 heteroatoms. The Hall–Kier alpha value is -3.76. The quantitative estimate of drug-likeness (QED) is 0.382. The highest BCUT2D eigenvalue weighted by Gasteiger charge is 2.11. The minimum atomic E-state index is -0.673. The molecule has 0 bridgehead atoms. The molecule has 1 unspecified atom stereocenters. The van der Waals surface area contributed by atoms with Crippen LogP contribution in [0.5, 0.6) is 5.75 Å². The zero-order chi connectivity index (χ0) is 20.8. The molecule has 0 saturated heterocycles. The molecule has 2 aromatic carbocycles. The van der Waals surface area contributed by atoms with Gasteiger partial charge in [0, 0.05) is 30.6 Å². The number of amides is 1. The van der Waals surface area contributed by atoms with Crippen molar-refractivity contribution in [2.24, 2.45) is 0 Å². The van der Waals surface area contributed by atoms with Crippen LogP contribution in [0.25, 0.3) is 0 Å². The van der Waals surface area contributed by atoms with E-state index in [4.69, 9.17) is 0 Å². The van der Waals surface area contributed by atoms with Crippen LogP contribution in [0.4, 0.5) is 33.2 Å². The Balaban J connectivity index is 1.77. The van der Waals surface area contributed by atoms with E-state index < -0.39 is 5.82 Å². The van der Waals surface area contributed by atoms with Crippen LogP contribution in [-0.4, -0.2) is 34.6 Å². The van der Waals surface area contributed by atoms with E-state index in [1.807, 2.05) is 0 Å². The Kier molecular flexibility index (Phi) is 6.17. The third-order valence-electron chi connectivity index (χ3n) is 3.89. The lowest BCUT2D eigenvalue weighted by molar-refractivity contribution is -0.766. The summed E-state index contributed by atoms with van der Waals surface area (Å²) in [6, 6.07) is 12.7. The van der Waals surface area contributed by atoms with Crippen molar-refractivity contribution in [3.8, 4) is 5.75 Å². The number of quaternary nitrogens is 1. The molecule has 5 N–H and O–H groups in total. The molecule has 0 radical (unpaired) electrons. The Morgan fingerprint density at radius 3 is 2.62 bits per heavy atom. The highest BCUT2D eigenvalue weighted by atomic mass is 19.1. The number of benzene rings is 2. The highest BCUT2D eigenvalue weighted by molar-refractivity contribution is 5.76. The number of nitrogens with one attached hydrogen (secondary N) is 4. The zero-order valence-electron chi connectivity index (χ0n) is 15.4. The number of likely N-dealkylation sites (N-methyl/N-ethyl adjacent to an activating group) is 1. The average Bonchev–Trinajstić information content (AvgIpc) is 2.70. The number of rotatable bonds is 7. The first kappa shape index (κ1) is 20.0. The Labute approximate surface area is 165 Å². The molecule has 29 heavy (non-hydrogen) atoms. The fourth-order valence-electron chi connectivity index (χ4n) is 2.47. The predicted octanol–water partition coefficient (Wildman–Crippen LogP) is 1.57. The number of hydrogen-bond acceptors (Lipinski definition) is 7. The largest absolute Gasteiger partial charge is 0.628 e. The van der Waals surface area contributed by atoms with Crippen LogP contribution in [0, 0.1) is 11.0 Å². The molecule has 0 fully saturated rings. The maximum atomic E-state index is 14.1. The summed E-state index contributed by atoms with van der Waals surface area (Å²) >= 11 is 0. The summed E-state index contributed by atoms with van der Waals surface area (Å²) in [5.74, 6) is -1.00. The molecular weight excluding hydrogens is 379 g/mol. The normalized spacial score (nSPS) is 11.6. The van der Waals surface area contributed by atoms with E-state index in [-0.39, 0.29) is 35.0 Å². The summed E-state index contributed by atoms with van der Waals surface area (Å²) in [6.45, 7) is -0.259. The molecule has 1 atom stereocenters. The second-order valence-corrected chi connectivity index (χ2v) is 6.04. The molecule has 9 nitrogen and oxygen atoms in total. The van der Waals surface area contributed by atoms with Crippen molar-refractivity contribution in [2.75, 3.05) is 24.2 Å². The fourth-order valence-corrected chi connectivity index (χ4v) is 2.47. The lowest BCUT2D eigenvalue weighted by atomic mass is 10.2. The predicted molar refractivity (Wildman–Crippen MR) is 106 cm³/mol. The zero-order valence-corrected chi connectivity index (χ0v) is 15.4. The molecule has 1 heterocycles. The van der Waals surface area contributed by atoms with Gasteiger partial charge in [0.2, 0.25) is 5.95 Å². The van der Waals surface area contributed by atoms with Gasteiger partial charge in [-0.3, -0.25) is 4.79 Å². The number of aromatic nitrogens is 2. The number of halogens is 1. The van der Waals surface area contributed by atoms with E-state index in [2.05, 4.69) is 25.9 Å². The summed E-state index contributed by atoms with van der Waals surface area (Å²) in [5, 5.41) is 29.4. The van der Waals surface area contributed by atoms with Gasteiger partial charge in [-0.25, -0.2) is 9.37 Å². The molecule has 0 saturated carbocycles. The Morgan fingerprint density at radius 2 is 1.90 bits per heavy atom. The monoisotopic (exact) mass is 398 g/mol. The van der Waals surface area contributed by atoms with Gasteiger partial charge in [0.1, 0.15) is 11.4 Å². The van der Waals surface area contributed by atoms with E-state index in [9.17, 15) is 19.5 Å². The van der Waals surface area contributed by atoms with Gasteiger partial charge in [-0.15, -0.1) is 0 Å². The third kappa shape index (κ3) is 5.37. The van der Waals surface area contributed by atoms with Crippen LogP contribution in [0.15, 0.2) is 54.7 Å². The lowest BCUT2D eigenvalue weighted by Crippen LogP contribution is -3.03. The summed E-state index contributed by atoms with van der Waals surface area (Å²) in [7, 11) is 1.46. The van der Waals surface area contributed by atoms with E-state index in [1.54, 1.807) is 36.4 Å². The molecule has 0 aliphatic heterocycles. The van der Waals surface area contributed by atoms with Crippen molar-refractivity contribution in [2.45, 2.75) is 0 Å². The summed E-state index contributed by atoms with van der Waals surface area (Å²) in [6.07, 6.45) is 1.00. The number of hydroxylamine groups is 1. The van der Waals surface area contributed by atoms with Gasteiger partial charge in [-0.05, 0) is 24.3 Å². The Bertz CT molecular complexity index is 1020. The van der Waals surface area contributed by atoms with Crippen LogP contribution in [-0.2, 0) is 4.79 Å². The molecule has 0 aliphatic carbocycles.